The van der Waals surface area contributed by atoms with Gasteiger partial charge >= 0.3 is 11.7 Å². The predicted molar refractivity (Wildman–Crippen MR) is 107 cm³/mol. The Balaban J connectivity index is 1.81. The van der Waals surface area contributed by atoms with Crippen LogP contribution in [0.1, 0.15) is 36.1 Å². The molecule has 0 fully saturated rings. The minimum absolute atomic E-state index is 0.0662. The van der Waals surface area contributed by atoms with Crippen LogP contribution in [0, 0.1) is 6.92 Å². The highest BCUT2D eigenvalue weighted by molar-refractivity contribution is 5.95. The summed E-state index contributed by atoms with van der Waals surface area (Å²) in [5.74, 6) is -0.238. The van der Waals surface area contributed by atoms with Gasteiger partial charge < -0.3 is 10.1 Å². The Kier molecular flexibility index (Phi) is 4.52. The molecule has 3 heterocycles. The Hall–Kier alpha value is -3.36. The number of anilines is 1. The third kappa shape index (κ3) is 3.02. The normalized spacial score (nSPS) is 16.0. The Morgan fingerprint density at radius 3 is 2.69 bits per heavy atom. The van der Waals surface area contributed by atoms with Crippen LogP contribution in [-0.4, -0.2) is 37.4 Å². The van der Waals surface area contributed by atoms with Gasteiger partial charge in [0.1, 0.15) is 12.4 Å². The first-order valence-corrected chi connectivity index (χ1v) is 9.50. The van der Waals surface area contributed by atoms with E-state index in [0.717, 1.165) is 27.9 Å². The number of benzene rings is 1. The molecule has 0 saturated heterocycles. The Labute approximate surface area is 166 Å². The van der Waals surface area contributed by atoms with Crippen LogP contribution < -0.4 is 11.0 Å². The number of esters is 1. The molecule has 0 bridgehead atoms. The number of imidazole rings is 1. The van der Waals surface area contributed by atoms with Gasteiger partial charge in [0, 0.05) is 32.0 Å². The highest BCUT2D eigenvalue weighted by Crippen LogP contribution is 2.39. The lowest BCUT2D eigenvalue weighted by molar-refractivity contribution is -0.144. The van der Waals surface area contributed by atoms with Gasteiger partial charge in [-0.25, -0.2) is 9.48 Å². The monoisotopic (exact) mass is 397 g/mol. The van der Waals surface area contributed by atoms with E-state index in [4.69, 9.17) is 4.74 Å². The van der Waals surface area contributed by atoms with Crippen LogP contribution in [-0.2, 0) is 35.0 Å². The molecule has 1 aliphatic rings. The summed E-state index contributed by atoms with van der Waals surface area (Å²) >= 11 is 0. The van der Waals surface area contributed by atoms with Gasteiger partial charge in [0.2, 0.25) is 5.91 Å². The van der Waals surface area contributed by atoms with E-state index in [2.05, 4.69) is 10.4 Å². The number of fused-ring (bicyclic) bond motifs is 2. The van der Waals surface area contributed by atoms with Crippen LogP contribution in [0.5, 0.6) is 0 Å². The average molecular weight is 397 g/mol. The van der Waals surface area contributed by atoms with E-state index in [1.807, 2.05) is 25.1 Å². The second kappa shape index (κ2) is 6.91. The summed E-state index contributed by atoms with van der Waals surface area (Å²) in [5, 5.41) is 7.32. The third-order valence-corrected chi connectivity index (χ3v) is 5.45. The quantitative estimate of drug-likeness (QED) is 0.671. The van der Waals surface area contributed by atoms with E-state index in [0.29, 0.717) is 5.82 Å². The number of ether oxygens (including phenoxy) is 1. The van der Waals surface area contributed by atoms with Crippen LogP contribution in [0.2, 0.25) is 0 Å². The largest absolute Gasteiger partial charge is 0.465 e. The number of nitrogens with zero attached hydrogens (tertiary/aromatic N) is 4. The fraction of sp³-hybridized carbons (Fsp3) is 0.400. The smallest absolute Gasteiger partial charge is 0.328 e. The van der Waals surface area contributed by atoms with Crippen molar-refractivity contribution in [3.8, 4) is 0 Å². The molecule has 0 aliphatic carbocycles. The lowest BCUT2D eigenvalue weighted by Crippen LogP contribution is -2.26. The summed E-state index contributed by atoms with van der Waals surface area (Å²) in [6.45, 7) is 3.82. The van der Waals surface area contributed by atoms with E-state index in [1.165, 1.54) is 4.68 Å². The van der Waals surface area contributed by atoms with Crippen molar-refractivity contribution in [1.82, 2.24) is 18.9 Å². The second-order valence-corrected chi connectivity index (χ2v) is 7.26. The lowest BCUT2D eigenvalue weighted by atomic mass is 9.85. The van der Waals surface area contributed by atoms with Gasteiger partial charge in [-0.2, -0.15) is 5.10 Å². The van der Waals surface area contributed by atoms with Gasteiger partial charge in [0.25, 0.3) is 0 Å². The summed E-state index contributed by atoms with van der Waals surface area (Å²) in [7, 11) is 3.47. The maximum atomic E-state index is 12.4. The minimum atomic E-state index is -0.408. The molecule has 4 rings (SSSR count). The van der Waals surface area contributed by atoms with Crippen molar-refractivity contribution >= 4 is 28.7 Å². The summed E-state index contributed by atoms with van der Waals surface area (Å²) in [6.07, 6.45) is 0.269. The van der Waals surface area contributed by atoms with Gasteiger partial charge in [0.15, 0.2) is 0 Å². The van der Waals surface area contributed by atoms with Gasteiger partial charge in [0.05, 0.1) is 23.3 Å². The molecule has 9 nitrogen and oxygen atoms in total. The van der Waals surface area contributed by atoms with Gasteiger partial charge in [-0.1, -0.05) is 6.07 Å². The number of aromatic nitrogens is 4. The molecule has 1 aliphatic heterocycles. The molecular formula is C20H23N5O4. The molecule has 2 aromatic heterocycles. The Bertz CT molecular complexity index is 1200. The number of hydrogen-bond donors (Lipinski definition) is 1. The molecule has 29 heavy (non-hydrogen) atoms. The lowest BCUT2D eigenvalue weighted by Gasteiger charge is -2.24. The summed E-state index contributed by atoms with van der Waals surface area (Å²) in [6, 6.07) is 5.79. The zero-order valence-corrected chi connectivity index (χ0v) is 16.9. The van der Waals surface area contributed by atoms with Crippen LogP contribution in [0.3, 0.4) is 0 Å². The van der Waals surface area contributed by atoms with Crippen molar-refractivity contribution in [2.24, 2.45) is 14.1 Å². The van der Waals surface area contributed by atoms with Gasteiger partial charge in [-0.3, -0.25) is 18.7 Å². The molecule has 1 N–H and O–H groups in total. The number of aryl methyl sites for hydroxylation is 3. The summed E-state index contributed by atoms with van der Waals surface area (Å²) < 4.78 is 9.70. The van der Waals surface area contributed by atoms with E-state index in [-0.39, 0.29) is 37.1 Å². The zero-order valence-electron chi connectivity index (χ0n) is 16.9. The van der Waals surface area contributed by atoms with Crippen molar-refractivity contribution in [1.29, 1.82) is 0 Å². The van der Waals surface area contributed by atoms with Crippen molar-refractivity contribution in [3.63, 3.8) is 0 Å². The molecule has 0 spiro atoms. The fourth-order valence-corrected chi connectivity index (χ4v) is 4.08. The molecular weight excluding hydrogens is 374 g/mol. The molecule has 9 heteroatoms. The summed E-state index contributed by atoms with van der Waals surface area (Å²) in [5.41, 5.74) is 4.09. The number of nitrogens with one attached hydrogen (secondary N) is 1. The van der Waals surface area contributed by atoms with Crippen molar-refractivity contribution < 1.29 is 14.3 Å². The van der Waals surface area contributed by atoms with Gasteiger partial charge in [-0.15, -0.1) is 0 Å². The van der Waals surface area contributed by atoms with Crippen molar-refractivity contribution in [2.45, 2.75) is 32.7 Å². The fourth-order valence-electron chi connectivity index (χ4n) is 4.08. The molecule has 1 amide bonds. The molecule has 1 atom stereocenters. The van der Waals surface area contributed by atoms with E-state index < -0.39 is 5.97 Å². The van der Waals surface area contributed by atoms with Crippen molar-refractivity contribution in [2.75, 3.05) is 11.9 Å². The molecule has 0 unspecified atom stereocenters. The Morgan fingerprint density at radius 2 is 1.97 bits per heavy atom. The molecule has 3 aromatic rings. The number of rotatable bonds is 4. The maximum Gasteiger partial charge on any atom is 0.328 e. The Morgan fingerprint density at radius 1 is 1.24 bits per heavy atom. The van der Waals surface area contributed by atoms with Crippen LogP contribution in [0.4, 0.5) is 5.82 Å². The first-order chi connectivity index (χ1) is 13.8. The highest BCUT2D eigenvalue weighted by Gasteiger charge is 2.33. The topological polar surface area (TPSA) is 100 Å². The number of amides is 1. The van der Waals surface area contributed by atoms with E-state index in [9.17, 15) is 14.4 Å². The van der Waals surface area contributed by atoms with E-state index in [1.54, 1.807) is 30.2 Å². The highest BCUT2D eigenvalue weighted by atomic mass is 16.5. The summed E-state index contributed by atoms with van der Waals surface area (Å²) in [4.78, 5) is 36.6. The van der Waals surface area contributed by atoms with E-state index >= 15 is 0 Å². The second-order valence-electron chi connectivity index (χ2n) is 7.26. The standard InChI is InChI=1S/C20H23N5O4/c1-5-29-17(27)10-25-19-18(11(2)22-25)13(9-16(26)21-19)12-6-7-14-15(8-12)24(4)20(28)23(14)3/h6-8,13H,5,9-10H2,1-4H3,(H,21,26)/t13-/m1/s1. The number of carbonyl (C=O) groups is 2. The molecule has 152 valence electrons. The first kappa shape index (κ1) is 19.0. The number of hydrogen-bond acceptors (Lipinski definition) is 5. The van der Waals surface area contributed by atoms with Crippen LogP contribution >= 0.6 is 0 Å². The van der Waals surface area contributed by atoms with Crippen LogP contribution in [0.15, 0.2) is 23.0 Å². The average Bonchev–Trinajstić information content (AvgIpc) is 3.10. The molecule has 0 saturated carbocycles. The van der Waals surface area contributed by atoms with Crippen LogP contribution in [0.25, 0.3) is 11.0 Å². The first-order valence-electron chi connectivity index (χ1n) is 9.50. The number of carbonyl (C=O) groups excluding carboxylic acids is 2. The maximum absolute atomic E-state index is 12.4. The van der Waals surface area contributed by atoms with Gasteiger partial charge in [-0.05, 0) is 31.5 Å². The zero-order chi connectivity index (χ0) is 20.9. The third-order valence-electron chi connectivity index (χ3n) is 5.45. The SMILES string of the molecule is CCOC(=O)Cn1nc(C)c2c1NC(=O)C[C@@H]2c1ccc2c(c1)n(C)c(=O)n2C. The molecule has 0 radical (unpaired) electrons. The molecule has 1 aromatic carbocycles. The minimum Gasteiger partial charge on any atom is -0.465 e. The van der Waals surface area contributed by atoms with Crippen molar-refractivity contribution in [3.05, 3.63) is 45.5 Å². The predicted octanol–water partition coefficient (Wildman–Crippen LogP) is 1.42.